The van der Waals surface area contributed by atoms with Gasteiger partial charge in [0.1, 0.15) is 5.15 Å². The van der Waals surface area contributed by atoms with Crippen molar-refractivity contribution in [2.24, 2.45) is 0 Å². The van der Waals surface area contributed by atoms with Crippen LogP contribution < -0.4 is 0 Å². The van der Waals surface area contributed by atoms with Gasteiger partial charge in [-0.1, -0.05) is 11.6 Å². The fourth-order valence-corrected chi connectivity index (χ4v) is 1.68. The maximum Gasteiger partial charge on any atom is 0.416 e. The number of aromatic nitrogens is 3. The van der Waals surface area contributed by atoms with E-state index in [0.29, 0.717) is 4.47 Å². The second kappa shape index (κ2) is 4.30. The van der Waals surface area contributed by atoms with Gasteiger partial charge in [0.05, 0.1) is 16.2 Å². The first kappa shape index (κ1) is 12.4. The summed E-state index contributed by atoms with van der Waals surface area (Å²) < 4.78 is 39.5. The lowest BCUT2D eigenvalue weighted by Crippen LogP contribution is -2.08. The van der Waals surface area contributed by atoms with Crippen molar-refractivity contribution in [1.82, 2.24) is 14.8 Å². The molecule has 0 fully saturated rings. The van der Waals surface area contributed by atoms with E-state index in [2.05, 4.69) is 26.0 Å². The number of halogens is 5. The Morgan fingerprint density at radius 3 is 2.53 bits per heavy atom. The highest BCUT2D eigenvalue weighted by Crippen LogP contribution is 2.31. The topological polar surface area (TPSA) is 30.7 Å². The van der Waals surface area contributed by atoms with Crippen molar-refractivity contribution in [1.29, 1.82) is 0 Å². The quantitative estimate of drug-likeness (QED) is 0.748. The zero-order valence-corrected chi connectivity index (χ0v) is 10.4. The Labute approximate surface area is 107 Å². The molecule has 0 bridgehead atoms. The number of nitrogens with zero attached hydrogens (tertiary/aromatic N) is 3. The van der Waals surface area contributed by atoms with Crippen LogP contribution in [-0.4, -0.2) is 14.8 Å². The van der Waals surface area contributed by atoms with E-state index in [0.717, 1.165) is 12.1 Å². The van der Waals surface area contributed by atoms with Gasteiger partial charge in [0.15, 0.2) is 5.82 Å². The third-order valence-corrected chi connectivity index (χ3v) is 2.50. The monoisotopic (exact) mass is 325 g/mol. The van der Waals surface area contributed by atoms with Crippen LogP contribution in [0.4, 0.5) is 13.2 Å². The maximum atomic E-state index is 12.5. The Morgan fingerprint density at radius 1 is 1.29 bits per heavy atom. The van der Waals surface area contributed by atoms with Crippen molar-refractivity contribution in [2.75, 3.05) is 0 Å². The third kappa shape index (κ3) is 2.78. The minimum Gasteiger partial charge on any atom is -0.221 e. The van der Waals surface area contributed by atoms with Gasteiger partial charge in [0, 0.05) is 6.20 Å². The van der Waals surface area contributed by atoms with E-state index in [1.165, 1.54) is 17.1 Å². The van der Waals surface area contributed by atoms with E-state index in [9.17, 15) is 13.2 Å². The molecule has 0 radical (unpaired) electrons. The number of hydrogen-bond acceptors (Lipinski definition) is 2. The molecule has 2 aromatic rings. The summed E-state index contributed by atoms with van der Waals surface area (Å²) in [6, 6.07) is 1.65. The molecule has 90 valence electrons. The molecule has 3 nitrogen and oxygen atoms in total. The highest BCUT2D eigenvalue weighted by Gasteiger charge is 2.31. The lowest BCUT2D eigenvalue weighted by Gasteiger charge is -2.08. The Morgan fingerprint density at radius 2 is 2.00 bits per heavy atom. The minimum absolute atomic E-state index is 0.00975. The van der Waals surface area contributed by atoms with E-state index in [-0.39, 0.29) is 11.0 Å². The maximum absolute atomic E-state index is 12.5. The molecule has 0 aliphatic carbocycles. The Bertz CT molecular complexity index is 553. The average Bonchev–Trinajstić information content (AvgIpc) is 2.62. The van der Waals surface area contributed by atoms with Gasteiger partial charge in [0.2, 0.25) is 0 Å². The summed E-state index contributed by atoms with van der Waals surface area (Å²) in [5.41, 5.74) is -0.862. The second-order valence-corrected chi connectivity index (χ2v) is 4.44. The molecule has 0 spiro atoms. The van der Waals surface area contributed by atoms with Crippen LogP contribution in [0, 0.1) is 0 Å². The molecule has 0 amide bonds. The van der Waals surface area contributed by atoms with Crippen molar-refractivity contribution < 1.29 is 13.2 Å². The summed E-state index contributed by atoms with van der Waals surface area (Å²) in [6.45, 7) is 0. The first-order valence-electron chi connectivity index (χ1n) is 4.31. The number of rotatable bonds is 1. The van der Waals surface area contributed by atoms with Crippen molar-refractivity contribution in [2.45, 2.75) is 6.18 Å². The summed E-state index contributed by atoms with van der Waals surface area (Å²) in [4.78, 5) is 3.78. The largest absolute Gasteiger partial charge is 0.416 e. The summed E-state index contributed by atoms with van der Waals surface area (Å²) in [6.07, 6.45) is -1.54. The zero-order valence-electron chi connectivity index (χ0n) is 8.04. The summed E-state index contributed by atoms with van der Waals surface area (Å²) in [5.74, 6) is 0.00975. The standard InChI is InChI=1S/C9H4BrClF3N3/c10-6-3-15-17(4-6)8-2-5(9(12,13)14)1-7(11)16-8/h1-4H. The zero-order chi connectivity index (χ0) is 12.6. The van der Waals surface area contributed by atoms with Crippen LogP contribution in [0.25, 0.3) is 5.82 Å². The van der Waals surface area contributed by atoms with Gasteiger partial charge in [-0.3, -0.25) is 0 Å². The van der Waals surface area contributed by atoms with E-state index < -0.39 is 11.7 Å². The van der Waals surface area contributed by atoms with Crippen LogP contribution in [0.2, 0.25) is 5.15 Å². The van der Waals surface area contributed by atoms with E-state index in [4.69, 9.17) is 11.6 Å². The molecule has 0 atom stereocenters. The van der Waals surface area contributed by atoms with Gasteiger partial charge in [-0.2, -0.15) is 18.3 Å². The normalized spacial score (nSPS) is 11.8. The molecule has 17 heavy (non-hydrogen) atoms. The minimum atomic E-state index is -4.47. The molecule has 0 N–H and O–H groups in total. The second-order valence-electron chi connectivity index (χ2n) is 3.14. The molecular weight excluding hydrogens is 322 g/mol. The number of alkyl halides is 3. The Kier molecular flexibility index (Phi) is 3.13. The smallest absolute Gasteiger partial charge is 0.221 e. The molecule has 0 aliphatic heterocycles. The van der Waals surface area contributed by atoms with Crippen LogP contribution in [0.5, 0.6) is 0 Å². The Balaban J connectivity index is 2.52. The van der Waals surface area contributed by atoms with Crippen LogP contribution in [-0.2, 0) is 6.18 Å². The predicted molar refractivity (Wildman–Crippen MR) is 59.1 cm³/mol. The lowest BCUT2D eigenvalue weighted by molar-refractivity contribution is -0.137. The number of hydrogen-bond donors (Lipinski definition) is 0. The molecule has 0 aliphatic rings. The van der Waals surface area contributed by atoms with Crippen LogP contribution in [0.1, 0.15) is 5.56 Å². The average molecular weight is 327 g/mol. The molecule has 0 aromatic carbocycles. The van der Waals surface area contributed by atoms with Crippen molar-refractivity contribution in [3.8, 4) is 5.82 Å². The fourth-order valence-electron chi connectivity index (χ4n) is 1.19. The third-order valence-electron chi connectivity index (χ3n) is 1.89. The molecule has 2 heterocycles. The van der Waals surface area contributed by atoms with Gasteiger partial charge in [-0.25, -0.2) is 9.67 Å². The first-order chi connectivity index (χ1) is 7.86. The van der Waals surface area contributed by atoms with E-state index in [1.807, 2.05) is 0 Å². The molecule has 8 heteroatoms. The van der Waals surface area contributed by atoms with Gasteiger partial charge in [-0.15, -0.1) is 0 Å². The number of pyridine rings is 1. The Hall–Kier alpha value is -1.08. The van der Waals surface area contributed by atoms with Gasteiger partial charge in [-0.05, 0) is 28.1 Å². The molecule has 0 saturated carbocycles. The van der Waals surface area contributed by atoms with E-state index in [1.54, 1.807) is 0 Å². The van der Waals surface area contributed by atoms with Crippen LogP contribution in [0.3, 0.4) is 0 Å². The summed E-state index contributed by atoms with van der Waals surface area (Å²) in [7, 11) is 0. The van der Waals surface area contributed by atoms with Crippen LogP contribution in [0.15, 0.2) is 29.0 Å². The molecule has 0 unspecified atom stereocenters. The van der Waals surface area contributed by atoms with Gasteiger partial charge in [0.25, 0.3) is 0 Å². The van der Waals surface area contributed by atoms with Crippen LogP contribution >= 0.6 is 27.5 Å². The fraction of sp³-hybridized carbons (Fsp3) is 0.111. The lowest BCUT2D eigenvalue weighted by atomic mass is 10.2. The van der Waals surface area contributed by atoms with Gasteiger partial charge < -0.3 is 0 Å². The van der Waals surface area contributed by atoms with Gasteiger partial charge >= 0.3 is 6.18 Å². The molecule has 0 saturated heterocycles. The summed E-state index contributed by atoms with van der Waals surface area (Å²) in [5, 5.41) is 3.60. The highest BCUT2D eigenvalue weighted by molar-refractivity contribution is 9.10. The van der Waals surface area contributed by atoms with E-state index >= 15 is 0 Å². The first-order valence-corrected chi connectivity index (χ1v) is 5.49. The van der Waals surface area contributed by atoms with Crippen molar-refractivity contribution in [3.63, 3.8) is 0 Å². The van der Waals surface area contributed by atoms with Crippen molar-refractivity contribution in [3.05, 3.63) is 39.7 Å². The van der Waals surface area contributed by atoms with Crippen molar-refractivity contribution >= 4 is 27.5 Å². The molecule has 2 aromatic heterocycles. The molecule has 2 rings (SSSR count). The highest BCUT2D eigenvalue weighted by atomic mass is 79.9. The summed E-state index contributed by atoms with van der Waals surface area (Å²) >= 11 is 8.69. The SMILES string of the molecule is FC(F)(F)c1cc(Cl)nc(-n2cc(Br)cn2)c1. The molecular formula is C9H4BrClF3N3. The predicted octanol–water partition coefficient (Wildman–Crippen LogP) is 3.70.